The van der Waals surface area contributed by atoms with E-state index < -0.39 is 0 Å². The fourth-order valence-electron chi connectivity index (χ4n) is 3.59. The Balaban J connectivity index is 1.93. The maximum atomic E-state index is 6.50. The molecule has 1 N–H and O–H groups in total. The van der Waals surface area contributed by atoms with Crippen molar-refractivity contribution < 1.29 is 0 Å². The van der Waals surface area contributed by atoms with Crippen LogP contribution in [0, 0.1) is 0 Å². The second-order valence-corrected chi connectivity index (χ2v) is 8.18. The van der Waals surface area contributed by atoms with Gasteiger partial charge in [-0.05, 0) is 48.7 Å². The van der Waals surface area contributed by atoms with Crippen LogP contribution in [0.3, 0.4) is 0 Å². The van der Waals surface area contributed by atoms with Crippen LogP contribution >= 0.6 is 34.8 Å². The number of piperidine rings is 1. The maximum absolute atomic E-state index is 6.50. The number of rotatable bonds is 4. The average Bonchev–Trinajstić information content (AvgIpc) is 2.55. The fraction of sp³-hybridized carbons (Fsp3) is 0.400. The highest BCUT2D eigenvalue weighted by Crippen LogP contribution is 2.39. The summed E-state index contributed by atoms with van der Waals surface area (Å²) in [4.78, 5) is 2.39. The summed E-state index contributed by atoms with van der Waals surface area (Å²) in [6, 6.07) is 15.1. The molecule has 2 unspecified atom stereocenters. The average molecular weight is 398 g/mol. The van der Waals surface area contributed by atoms with Gasteiger partial charge in [-0.2, -0.15) is 0 Å². The van der Waals surface area contributed by atoms with E-state index in [-0.39, 0.29) is 6.04 Å². The molecule has 0 spiro atoms. The van der Waals surface area contributed by atoms with Gasteiger partial charge in [-0.15, -0.1) is 0 Å². The normalized spacial score (nSPS) is 21.0. The lowest BCUT2D eigenvalue weighted by Gasteiger charge is -2.42. The van der Waals surface area contributed by atoms with Gasteiger partial charge >= 0.3 is 0 Å². The van der Waals surface area contributed by atoms with Crippen molar-refractivity contribution in [1.82, 2.24) is 5.32 Å². The third-order valence-corrected chi connectivity index (χ3v) is 5.44. The summed E-state index contributed by atoms with van der Waals surface area (Å²) in [5.41, 5.74) is 2.29. The maximum Gasteiger partial charge on any atom is 0.0654 e. The SMILES string of the molecule is CC(C)NC1CCN(c2ccc(Cl)cc2Cl)C(c2ccc(Cl)cc2)C1. The molecule has 0 aromatic heterocycles. The molecule has 1 heterocycles. The third kappa shape index (κ3) is 4.62. The number of benzene rings is 2. The van der Waals surface area contributed by atoms with E-state index in [2.05, 4.69) is 36.2 Å². The highest BCUT2D eigenvalue weighted by Gasteiger charge is 2.31. The predicted octanol–water partition coefficient (Wildman–Crippen LogP) is 6.35. The highest BCUT2D eigenvalue weighted by molar-refractivity contribution is 6.36. The Morgan fingerprint density at radius 1 is 1.00 bits per heavy atom. The molecular weight excluding hydrogens is 375 g/mol. The lowest BCUT2D eigenvalue weighted by Crippen LogP contribution is -2.46. The number of nitrogens with zero attached hydrogens (tertiary/aromatic N) is 1. The van der Waals surface area contributed by atoms with Gasteiger partial charge in [-0.25, -0.2) is 0 Å². The first-order chi connectivity index (χ1) is 11.9. The molecule has 134 valence electrons. The molecule has 5 heteroatoms. The van der Waals surface area contributed by atoms with Crippen LogP contribution in [0.2, 0.25) is 15.1 Å². The van der Waals surface area contributed by atoms with Gasteiger partial charge in [-0.3, -0.25) is 0 Å². The van der Waals surface area contributed by atoms with Gasteiger partial charge in [0.25, 0.3) is 0 Å². The summed E-state index contributed by atoms with van der Waals surface area (Å²) in [5.74, 6) is 0. The summed E-state index contributed by atoms with van der Waals surface area (Å²) < 4.78 is 0. The van der Waals surface area contributed by atoms with Gasteiger partial charge in [0.15, 0.2) is 0 Å². The smallest absolute Gasteiger partial charge is 0.0654 e. The van der Waals surface area contributed by atoms with E-state index in [1.807, 2.05) is 30.3 Å². The summed E-state index contributed by atoms with van der Waals surface area (Å²) in [7, 11) is 0. The van der Waals surface area contributed by atoms with Crippen LogP contribution in [0.4, 0.5) is 5.69 Å². The van der Waals surface area contributed by atoms with Gasteiger partial charge in [0.1, 0.15) is 0 Å². The van der Waals surface area contributed by atoms with Crippen LogP contribution < -0.4 is 10.2 Å². The van der Waals surface area contributed by atoms with E-state index in [0.29, 0.717) is 22.1 Å². The van der Waals surface area contributed by atoms with E-state index in [9.17, 15) is 0 Å². The van der Waals surface area contributed by atoms with Crippen LogP contribution in [0.15, 0.2) is 42.5 Å². The lowest BCUT2D eigenvalue weighted by molar-refractivity contribution is 0.341. The van der Waals surface area contributed by atoms with Gasteiger partial charge in [0.2, 0.25) is 0 Å². The number of hydrogen-bond acceptors (Lipinski definition) is 2. The molecule has 3 rings (SSSR count). The number of hydrogen-bond donors (Lipinski definition) is 1. The zero-order chi connectivity index (χ0) is 18.0. The number of halogens is 3. The fourth-order valence-corrected chi connectivity index (χ4v) is 4.23. The minimum Gasteiger partial charge on any atom is -0.363 e. The monoisotopic (exact) mass is 396 g/mol. The van der Waals surface area contributed by atoms with Crippen LogP contribution in [0.1, 0.15) is 38.3 Å². The summed E-state index contributed by atoms with van der Waals surface area (Å²) in [6.07, 6.45) is 2.11. The first kappa shape index (κ1) is 18.8. The highest BCUT2D eigenvalue weighted by atomic mass is 35.5. The van der Waals surface area contributed by atoms with Crippen molar-refractivity contribution in [2.45, 2.75) is 44.8 Å². The van der Waals surface area contributed by atoms with E-state index in [1.165, 1.54) is 5.56 Å². The molecule has 2 nitrogen and oxygen atoms in total. The second-order valence-electron chi connectivity index (χ2n) is 6.90. The van der Waals surface area contributed by atoms with Crippen LogP contribution in [-0.4, -0.2) is 18.6 Å². The Morgan fingerprint density at radius 2 is 1.68 bits per heavy atom. The van der Waals surface area contributed by atoms with Crippen LogP contribution in [-0.2, 0) is 0 Å². The molecule has 0 saturated carbocycles. The quantitative estimate of drug-likeness (QED) is 0.646. The predicted molar refractivity (Wildman–Crippen MR) is 109 cm³/mol. The molecule has 0 aliphatic carbocycles. The molecule has 0 radical (unpaired) electrons. The molecular formula is C20H23Cl3N2. The molecule has 0 amide bonds. The summed E-state index contributed by atoms with van der Waals surface area (Å²) in [5, 5.41) is 5.80. The standard InChI is InChI=1S/C20H23Cl3N2/c1-13(2)24-17-9-10-25(19-8-7-16(22)11-18(19)23)20(12-17)14-3-5-15(21)6-4-14/h3-8,11,13,17,20,24H,9-10,12H2,1-2H3. The molecule has 1 aliphatic heterocycles. The molecule has 2 aromatic rings. The van der Waals surface area contributed by atoms with Crippen molar-refractivity contribution in [3.8, 4) is 0 Å². The Labute approximate surface area is 165 Å². The molecule has 2 atom stereocenters. The van der Waals surface area contributed by atoms with Gasteiger partial charge < -0.3 is 10.2 Å². The molecule has 0 bridgehead atoms. The Kier molecular flexibility index (Phi) is 6.17. The molecule has 1 aliphatic rings. The van der Waals surface area contributed by atoms with Crippen molar-refractivity contribution in [2.75, 3.05) is 11.4 Å². The van der Waals surface area contributed by atoms with Crippen LogP contribution in [0.5, 0.6) is 0 Å². The zero-order valence-corrected chi connectivity index (χ0v) is 16.7. The molecule has 1 saturated heterocycles. The first-order valence-corrected chi connectivity index (χ1v) is 9.80. The molecule has 25 heavy (non-hydrogen) atoms. The van der Waals surface area contributed by atoms with Crippen molar-refractivity contribution in [3.63, 3.8) is 0 Å². The second kappa shape index (κ2) is 8.18. The van der Waals surface area contributed by atoms with Gasteiger partial charge in [-0.1, -0.05) is 60.8 Å². The van der Waals surface area contributed by atoms with Gasteiger partial charge in [0.05, 0.1) is 16.8 Å². The lowest BCUT2D eigenvalue weighted by atomic mass is 9.90. The Morgan fingerprint density at radius 3 is 2.32 bits per heavy atom. The van der Waals surface area contributed by atoms with Crippen molar-refractivity contribution in [2.24, 2.45) is 0 Å². The van der Waals surface area contributed by atoms with Crippen molar-refractivity contribution >= 4 is 40.5 Å². The zero-order valence-electron chi connectivity index (χ0n) is 14.5. The van der Waals surface area contributed by atoms with Crippen LogP contribution in [0.25, 0.3) is 0 Å². The molecule has 1 fully saturated rings. The van der Waals surface area contributed by atoms with E-state index in [4.69, 9.17) is 34.8 Å². The van der Waals surface area contributed by atoms with Crippen molar-refractivity contribution in [3.05, 3.63) is 63.1 Å². The topological polar surface area (TPSA) is 15.3 Å². The number of nitrogens with one attached hydrogen (secondary N) is 1. The van der Waals surface area contributed by atoms with Crippen molar-refractivity contribution in [1.29, 1.82) is 0 Å². The van der Waals surface area contributed by atoms with E-state index in [0.717, 1.165) is 30.1 Å². The number of anilines is 1. The molecule has 2 aromatic carbocycles. The van der Waals surface area contributed by atoms with E-state index in [1.54, 1.807) is 0 Å². The summed E-state index contributed by atoms with van der Waals surface area (Å²) in [6.45, 7) is 5.33. The minimum atomic E-state index is 0.251. The summed E-state index contributed by atoms with van der Waals surface area (Å²) >= 11 is 18.7. The van der Waals surface area contributed by atoms with Gasteiger partial charge in [0, 0.05) is 28.7 Å². The Bertz CT molecular complexity index is 715. The minimum absolute atomic E-state index is 0.251. The largest absolute Gasteiger partial charge is 0.363 e. The first-order valence-electron chi connectivity index (χ1n) is 8.67. The third-order valence-electron chi connectivity index (χ3n) is 4.65. The Hall–Kier alpha value is -0.930. The van der Waals surface area contributed by atoms with E-state index >= 15 is 0 Å².